The van der Waals surface area contributed by atoms with Crippen molar-refractivity contribution in [1.29, 1.82) is 0 Å². The van der Waals surface area contributed by atoms with Crippen LogP contribution in [0.25, 0.3) is 0 Å². The highest BCUT2D eigenvalue weighted by Crippen LogP contribution is 2.34. The van der Waals surface area contributed by atoms with Gasteiger partial charge in [0.05, 0.1) is 36.6 Å². The summed E-state index contributed by atoms with van der Waals surface area (Å²) in [6.07, 6.45) is 2.01. The monoisotopic (exact) mass is 340 g/mol. The van der Waals surface area contributed by atoms with Crippen LogP contribution in [-0.4, -0.2) is 56.3 Å². The molecule has 2 aliphatic heterocycles. The van der Waals surface area contributed by atoms with E-state index in [1.807, 2.05) is 18.2 Å². The molecule has 2 heterocycles. The quantitative estimate of drug-likeness (QED) is 0.739. The van der Waals surface area contributed by atoms with Gasteiger partial charge in [-0.05, 0) is 37.0 Å². The topological polar surface area (TPSA) is 65.0 Å². The summed E-state index contributed by atoms with van der Waals surface area (Å²) in [6.45, 7) is 4.13. The highest BCUT2D eigenvalue weighted by atomic mass is 35.5. The highest BCUT2D eigenvalue weighted by Gasteiger charge is 2.38. The van der Waals surface area contributed by atoms with Gasteiger partial charge in [-0.25, -0.2) is 0 Å². The fourth-order valence-corrected chi connectivity index (χ4v) is 3.38. The van der Waals surface area contributed by atoms with Crippen molar-refractivity contribution in [2.75, 3.05) is 56.3 Å². The molecule has 128 valence electrons. The minimum absolute atomic E-state index is 0.123. The Labute approximate surface area is 142 Å². The van der Waals surface area contributed by atoms with E-state index >= 15 is 0 Å². The molecule has 23 heavy (non-hydrogen) atoms. The van der Waals surface area contributed by atoms with Crippen molar-refractivity contribution in [2.45, 2.75) is 12.8 Å². The number of ether oxygens (including phenoxy) is 1. The molecule has 0 aromatic heterocycles. The smallest absolute Gasteiger partial charge is 0.0603 e. The van der Waals surface area contributed by atoms with Crippen LogP contribution in [0.4, 0.5) is 11.4 Å². The Morgan fingerprint density at radius 3 is 2.57 bits per heavy atom. The molecule has 0 bridgehead atoms. The summed E-state index contributed by atoms with van der Waals surface area (Å²) in [5.41, 5.74) is 1.96. The van der Waals surface area contributed by atoms with Crippen LogP contribution in [0.15, 0.2) is 18.2 Å². The van der Waals surface area contributed by atoms with Crippen LogP contribution in [0.5, 0.6) is 0 Å². The van der Waals surface area contributed by atoms with Gasteiger partial charge in [0, 0.05) is 31.3 Å². The van der Waals surface area contributed by atoms with E-state index in [2.05, 4.69) is 10.2 Å². The Kier molecular flexibility index (Phi) is 5.31. The van der Waals surface area contributed by atoms with Crippen LogP contribution in [0.3, 0.4) is 0 Å². The first-order chi connectivity index (χ1) is 11.2. The van der Waals surface area contributed by atoms with Gasteiger partial charge in [0.25, 0.3) is 0 Å². The Bertz CT molecular complexity index is 523. The van der Waals surface area contributed by atoms with Crippen molar-refractivity contribution in [3.8, 4) is 0 Å². The second kappa shape index (κ2) is 7.26. The van der Waals surface area contributed by atoms with Crippen LogP contribution >= 0.6 is 11.6 Å². The molecule has 2 fully saturated rings. The van der Waals surface area contributed by atoms with Crippen LogP contribution < -0.4 is 10.2 Å². The normalized spacial score (nSPS) is 21.1. The third-order valence-corrected chi connectivity index (χ3v) is 5.21. The molecule has 0 amide bonds. The number of benzene rings is 1. The lowest BCUT2D eigenvalue weighted by molar-refractivity contribution is -0.128. The molecule has 5 nitrogen and oxygen atoms in total. The fraction of sp³-hybridized carbons (Fsp3) is 0.647. The molecular formula is C17H25ClN2O3. The molecule has 2 saturated heterocycles. The van der Waals surface area contributed by atoms with Crippen LogP contribution in [0.1, 0.15) is 12.8 Å². The highest BCUT2D eigenvalue weighted by molar-refractivity contribution is 6.31. The fourth-order valence-electron chi connectivity index (χ4n) is 3.20. The van der Waals surface area contributed by atoms with E-state index in [0.29, 0.717) is 30.7 Å². The second-order valence-electron chi connectivity index (χ2n) is 6.78. The molecule has 0 aliphatic carbocycles. The molecule has 0 spiro atoms. The van der Waals surface area contributed by atoms with Crippen LogP contribution in [-0.2, 0) is 4.74 Å². The Hall–Kier alpha value is -1.01. The van der Waals surface area contributed by atoms with Crippen molar-refractivity contribution in [3.63, 3.8) is 0 Å². The van der Waals surface area contributed by atoms with Crippen molar-refractivity contribution in [2.24, 2.45) is 11.3 Å². The number of nitrogens with zero attached hydrogens (tertiary/aromatic N) is 1. The van der Waals surface area contributed by atoms with Gasteiger partial charge in [-0.2, -0.15) is 0 Å². The van der Waals surface area contributed by atoms with E-state index in [-0.39, 0.29) is 18.6 Å². The summed E-state index contributed by atoms with van der Waals surface area (Å²) in [4.78, 5) is 2.34. The van der Waals surface area contributed by atoms with E-state index in [0.717, 1.165) is 37.3 Å². The zero-order valence-electron chi connectivity index (χ0n) is 13.3. The SMILES string of the molecule is OCC1CCN(c2ccc(Cl)cc2NCC2(CO)COC2)CC1. The number of aliphatic hydroxyl groups is 2. The molecule has 1 aromatic carbocycles. The zero-order chi connectivity index (χ0) is 16.3. The van der Waals surface area contributed by atoms with E-state index in [9.17, 15) is 10.2 Å². The Balaban J connectivity index is 1.70. The third-order valence-electron chi connectivity index (χ3n) is 4.98. The summed E-state index contributed by atoms with van der Waals surface area (Å²) in [7, 11) is 0. The van der Waals surface area contributed by atoms with E-state index in [4.69, 9.17) is 16.3 Å². The van der Waals surface area contributed by atoms with Crippen LogP contribution in [0.2, 0.25) is 5.02 Å². The third kappa shape index (κ3) is 3.74. The number of nitrogens with one attached hydrogen (secondary N) is 1. The molecular weight excluding hydrogens is 316 g/mol. The summed E-state index contributed by atoms with van der Waals surface area (Å²) in [5, 5.41) is 23.0. The maximum absolute atomic E-state index is 9.56. The molecule has 0 radical (unpaired) electrons. The molecule has 3 rings (SSSR count). The summed E-state index contributed by atoms with van der Waals surface area (Å²) >= 11 is 6.17. The molecule has 0 atom stereocenters. The lowest BCUT2D eigenvalue weighted by Crippen LogP contribution is -2.50. The van der Waals surface area contributed by atoms with E-state index < -0.39 is 0 Å². The molecule has 0 saturated carbocycles. The molecule has 2 aliphatic rings. The number of rotatable bonds is 6. The lowest BCUT2D eigenvalue weighted by Gasteiger charge is -2.40. The maximum Gasteiger partial charge on any atom is 0.0603 e. The average Bonchev–Trinajstić information content (AvgIpc) is 2.55. The minimum atomic E-state index is -0.177. The van der Waals surface area contributed by atoms with Crippen LogP contribution in [0, 0.1) is 11.3 Å². The first-order valence-corrected chi connectivity index (χ1v) is 8.61. The predicted molar refractivity (Wildman–Crippen MR) is 92.3 cm³/mol. The average molecular weight is 341 g/mol. The standard InChI is InChI=1S/C17H25ClN2O3/c18-14-1-2-16(20-5-3-13(8-21)4-6-20)15(7-14)19-9-17(10-22)11-23-12-17/h1-2,7,13,19,21-22H,3-6,8-12H2. The Morgan fingerprint density at radius 2 is 2.00 bits per heavy atom. The predicted octanol–water partition coefficient (Wildman–Crippen LogP) is 1.97. The van der Waals surface area contributed by atoms with Crippen molar-refractivity contribution >= 4 is 23.0 Å². The number of anilines is 2. The lowest BCUT2D eigenvalue weighted by atomic mass is 9.87. The molecule has 3 N–H and O–H groups in total. The van der Waals surface area contributed by atoms with Gasteiger partial charge in [-0.1, -0.05) is 11.6 Å². The van der Waals surface area contributed by atoms with Gasteiger partial charge in [-0.15, -0.1) is 0 Å². The van der Waals surface area contributed by atoms with Crippen molar-refractivity contribution < 1.29 is 14.9 Å². The van der Waals surface area contributed by atoms with Gasteiger partial charge in [0.1, 0.15) is 0 Å². The number of hydrogen-bond donors (Lipinski definition) is 3. The maximum atomic E-state index is 9.56. The minimum Gasteiger partial charge on any atom is -0.396 e. The second-order valence-corrected chi connectivity index (χ2v) is 7.22. The van der Waals surface area contributed by atoms with Crippen molar-refractivity contribution in [3.05, 3.63) is 23.2 Å². The molecule has 6 heteroatoms. The van der Waals surface area contributed by atoms with E-state index in [1.165, 1.54) is 0 Å². The van der Waals surface area contributed by atoms with Gasteiger partial charge in [0.2, 0.25) is 0 Å². The van der Waals surface area contributed by atoms with Crippen molar-refractivity contribution in [1.82, 2.24) is 0 Å². The summed E-state index contributed by atoms with van der Waals surface area (Å²) < 4.78 is 5.25. The summed E-state index contributed by atoms with van der Waals surface area (Å²) in [5.74, 6) is 0.416. The first kappa shape index (κ1) is 16.8. The van der Waals surface area contributed by atoms with E-state index in [1.54, 1.807) is 0 Å². The molecule has 0 unspecified atom stereocenters. The van der Waals surface area contributed by atoms with Gasteiger partial charge >= 0.3 is 0 Å². The van der Waals surface area contributed by atoms with Gasteiger partial charge in [0.15, 0.2) is 0 Å². The largest absolute Gasteiger partial charge is 0.396 e. The van der Waals surface area contributed by atoms with Gasteiger partial charge < -0.3 is 25.2 Å². The number of hydrogen-bond acceptors (Lipinski definition) is 5. The first-order valence-electron chi connectivity index (χ1n) is 8.24. The number of aliphatic hydroxyl groups excluding tert-OH is 2. The molecule has 1 aromatic rings. The van der Waals surface area contributed by atoms with Gasteiger partial charge in [-0.3, -0.25) is 0 Å². The number of piperidine rings is 1. The number of halogens is 1. The summed E-state index contributed by atoms with van der Waals surface area (Å²) in [6, 6.07) is 5.90. The zero-order valence-corrected chi connectivity index (χ0v) is 14.1. The Morgan fingerprint density at radius 1 is 1.26 bits per heavy atom.